The van der Waals surface area contributed by atoms with E-state index < -0.39 is 12.7 Å². The lowest BCUT2D eigenvalue weighted by molar-refractivity contribution is -0.146. The zero-order valence-corrected chi connectivity index (χ0v) is 10.1. The topological polar surface area (TPSA) is 24.5 Å². The van der Waals surface area contributed by atoms with Gasteiger partial charge in [-0.2, -0.15) is 13.2 Å². The Morgan fingerprint density at radius 1 is 1.31 bits per heavy atom. The molecule has 1 unspecified atom stereocenters. The lowest BCUT2D eigenvalue weighted by Gasteiger charge is -2.27. The molecule has 98 valence electrons. The molecule has 0 aliphatic rings. The van der Waals surface area contributed by atoms with E-state index >= 15 is 0 Å². The van der Waals surface area contributed by atoms with Gasteiger partial charge >= 0.3 is 6.18 Å². The SMILES string of the molecule is CCNC(COC)CN(CC)CC(F)(F)F. The molecule has 1 N–H and O–H groups in total. The van der Waals surface area contributed by atoms with Gasteiger partial charge in [0.2, 0.25) is 0 Å². The molecular formula is C10H21F3N2O. The van der Waals surface area contributed by atoms with E-state index in [0.29, 0.717) is 19.7 Å². The molecule has 0 bridgehead atoms. The average Bonchev–Trinajstić information content (AvgIpc) is 2.15. The molecule has 0 radical (unpaired) electrons. The van der Waals surface area contributed by atoms with Crippen LogP contribution >= 0.6 is 0 Å². The molecule has 0 aromatic heterocycles. The number of hydrogen-bond donors (Lipinski definition) is 1. The normalized spacial score (nSPS) is 14.4. The van der Waals surface area contributed by atoms with Gasteiger partial charge in [-0.3, -0.25) is 4.90 Å². The molecule has 0 aromatic carbocycles. The van der Waals surface area contributed by atoms with E-state index in [0.717, 1.165) is 6.54 Å². The van der Waals surface area contributed by atoms with Crippen molar-refractivity contribution in [1.29, 1.82) is 0 Å². The van der Waals surface area contributed by atoms with E-state index in [-0.39, 0.29) is 6.04 Å². The zero-order chi connectivity index (χ0) is 12.6. The molecular weight excluding hydrogens is 221 g/mol. The number of nitrogens with zero attached hydrogens (tertiary/aromatic N) is 1. The number of ether oxygens (including phenoxy) is 1. The van der Waals surface area contributed by atoms with Crippen LogP contribution in [0.15, 0.2) is 0 Å². The maximum Gasteiger partial charge on any atom is 0.401 e. The standard InChI is InChI=1S/C10H21F3N2O/c1-4-14-9(7-16-3)6-15(5-2)8-10(11,12)13/h9,14H,4-8H2,1-3H3. The molecule has 16 heavy (non-hydrogen) atoms. The Morgan fingerprint density at radius 2 is 1.94 bits per heavy atom. The van der Waals surface area contributed by atoms with Gasteiger partial charge in [-0.1, -0.05) is 13.8 Å². The number of rotatable bonds is 8. The van der Waals surface area contributed by atoms with Crippen LogP contribution in [0.2, 0.25) is 0 Å². The Morgan fingerprint density at radius 3 is 2.31 bits per heavy atom. The molecule has 1 atom stereocenters. The minimum absolute atomic E-state index is 0.0581. The Bertz CT molecular complexity index is 170. The van der Waals surface area contributed by atoms with Crippen LogP contribution in [0, 0.1) is 0 Å². The molecule has 0 saturated carbocycles. The van der Waals surface area contributed by atoms with Gasteiger partial charge in [-0.25, -0.2) is 0 Å². The zero-order valence-electron chi connectivity index (χ0n) is 10.1. The molecule has 6 heteroatoms. The summed E-state index contributed by atoms with van der Waals surface area (Å²) in [7, 11) is 1.55. The summed E-state index contributed by atoms with van der Waals surface area (Å²) < 4.78 is 41.6. The van der Waals surface area contributed by atoms with E-state index in [2.05, 4.69) is 5.32 Å². The second-order valence-electron chi connectivity index (χ2n) is 3.65. The molecule has 0 aliphatic carbocycles. The molecule has 0 saturated heterocycles. The van der Waals surface area contributed by atoms with Crippen molar-refractivity contribution in [1.82, 2.24) is 10.2 Å². The first-order valence-corrected chi connectivity index (χ1v) is 5.44. The fourth-order valence-corrected chi connectivity index (χ4v) is 1.54. The summed E-state index contributed by atoms with van der Waals surface area (Å²) in [6, 6.07) is -0.0581. The second-order valence-corrected chi connectivity index (χ2v) is 3.65. The smallest absolute Gasteiger partial charge is 0.383 e. The van der Waals surface area contributed by atoms with Crippen LogP contribution in [0.3, 0.4) is 0 Å². The van der Waals surface area contributed by atoms with Crippen LogP contribution in [-0.4, -0.2) is 57.0 Å². The highest BCUT2D eigenvalue weighted by Gasteiger charge is 2.30. The Kier molecular flexibility index (Phi) is 7.70. The van der Waals surface area contributed by atoms with Crippen LogP contribution in [0.5, 0.6) is 0 Å². The maximum absolute atomic E-state index is 12.2. The first kappa shape index (κ1) is 15.7. The summed E-state index contributed by atoms with van der Waals surface area (Å²) in [6.45, 7) is 4.64. The maximum atomic E-state index is 12.2. The fourth-order valence-electron chi connectivity index (χ4n) is 1.54. The van der Waals surface area contributed by atoms with Crippen molar-refractivity contribution in [3.8, 4) is 0 Å². The highest BCUT2D eigenvalue weighted by atomic mass is 19.4. The molecule has 0 aromatic rings. The fraction of sp³-hybridized carbons (Fsp3) is 1.00. The van der Waals surface area contributed by atoms with Crippen LogP contribution in [-0.2, 0) is 4.74 Å². The van der Waals surface area contributed by atoms with Crippen molar-refractivity contribution in [3.05, 3.63) is 0 Å². The third-order valence-electron chi connectivity index (χ3n) is 2.19. The molecule has 0 aliphatic heterocycles. The predicted octanol–water partition coefficient (Wildman–Crippen LogP) is 1.50. The Hall–Kier alpha value is -0.330. The van der Waals surface area contributed by atoms with Gasteiger partial charge in [0.15, 0.2) is 0 Å². The molecule has 0 rings (SSSR count). The van der Waals surface area contributed by atoms with Crippen LogP contribution in [0.1, 0.15) is 13.8 Å². The highest BCUT2D eigenvalue weighted by Crippen LogP contribution is 2.16. The first-order chi connectivity index (χ1) is 7.42. The molecule has 0 spiro atoms. The van der Waals surface area contributed by atoms with E-state index in [1.807, 2.05) is 6.92 Å². The van der Waals surface area contributed by atoms with Gasteiger partial charge in [0.05, 0.1) is 13.2 Å². The summed E-state index contributed by atoms with van der Waals surface area (Å²) >= 11 is 0. The first-order valence-electron chi connectivity index (χ1n) is 5.44. The van der Waals surface area contributed by atoms with Gasteiger partial charge < -0.3 is 10.1 Å². The second kappa shape index (κ2) is 7.86. The van der Waals surface area contributed by atoms with Crippen molar-refractivity contribution in [2.75, 3.05) is 39.9 Å². The minimum Gasteiger partial charge on any atom is -0.383 e. The predicted molar refractivity (Wildman–Crippen MR) is 57.5 cm³/mol. The third kappa shape index (κ3) is 7.90. The molecule has 3 nitrogen and oxygen atoms in total. The van der Waals surface area contributed by atoms with Gasteiger partial charge in [-0.05, 0) is 13.1 Å². The summed E-state index contributed by atoms with van der Waals surface area (Å²) in [4.78, 5) is 1.37. The lowest BCUT2D eigenvalue weighted by Crippen LogP contribution is -2.46. The Balaban J connectivity index is 4.14. The highest BCUT2D eigenvalue weighted by molar-refractivity contribution is 4.72. The summed E-state index contributed by atoms with van der Waals surface area (Å²) in [6.07, 6.45) is -4.14. The Labute approximate surface area is 94.9 Å². The number of methoxy groups -OCH3 is 1. The lowest BCUT2D eigenvalue weighted by atomic mass is 10.2. The van der Waals surface area contributed by atoms with E-state index in [1.165, 1.54) is 4.90 Å². The van der Waals surface area contributed by atoms with Gasteiger partial charge in [0.25, 0.3) is 0 Å². The number of alkyl halides is 3. The van der Waals surface area contributed by atoms with Crippen molar-refractivity contribution in [2.45, 2.75) is 26.1 Å². The van der Waals surface area contributed by atoms with Crippen LogP contribution in [0.25, 0.3) is 0 Å². The van der Waals surface area contributed by atoms with Gasteiger partial charge in [0.1, 0.15) is 0 Å². The summed E-state index contributed by atoms with van der Waals surface area (Å²) in [5.41, 5.74) is 0. The van der Waals surface area contributed by atoms with E-state index in [1.54, 1.807) is 14.0 Å². The van der Waals surface area contributed by atoms with Crippen molar-refractivity contribution in [2.24, 2.45) is 0 Å². The van der Waals surface area contributed by atoms with Crippen molar-refractivity contribution in [3.63, 3.8) is 0 Å². The van der Waals surface area contributed by atoms with Crippen molar-refractivity contribution >= 4 is 0 Å². The number of halogens is 3. The summed E-state index contributed by atoms with van der Waals surface area (Å²) in [5, 5.41) is 3.10. The van der Waals surface area contributed by atoms with E-state index in [4.69, 9.17) is 4.74 Å². The van der Waals surface area contributed by atoms with Gasteiger partial charge in [0, 0.05) is 19.7 Å². The quantitative estimate of drug-likeness (QED) is 0.698. The number of likely N-dealkylation sites (N-methyl/N-ethyl adjacent to an activating group) is 2. The van der Waals surface area contributed by atoms with Gasteiger partial charge in [-0.15, -0.1) is 0 Å². The molecule has 0 amide bonds. The largest absolute Gasteiger partial charge is 0.401 e. The number of hydrogen-bond acceptors (Lipinski definition) is 3. The monoisotopic (exact) mass is 242 g/mol. The average molecular weight is 242 g/mol. The number of nitrogens with one attached hydrogen (secondary N) is 1. The van der Waals surface area contributed by atoms with E-state index in [9.17, 15) is 13.2 Å². The van der Waals surface area contributed by atoms with Crippen LogP contribution < -0.4 is 5.32 Å². The summed E-state index contributed by atoms with van der Waals surface area (Å²) in [5.74, 6) is 0. The van der Waals surface area contributed by atoms with Crippen molar-refractivity contribution < 1.29 is 17.9 Å². The molecule has 0 heterocycles. The minimum atomic E-state index is -4.14. The third-order valence-corrected chi connectivity index (χ3v) is 2.19. The van der Waals surface area contributed by atoms with Crippen LogP contribution in [0.4, 0.5) is 13.2 Å². The molecule has 0 fully saturated rings.